The summed E-state index contributed by atoms with van der Waals surface area (Å²) in [6.45, 7) is 10.3. The number of ether oxygens (including phenoxy) is 2. The van der Waals surface area contributed by atoms with E-state index in [0.717, 1.165) is 47.6 Å². The molecule has 0 heterocycles. The molecular formula is C33H39NO5. The average molecular weight is 530 g/mol. The molecule has 0 radical (unpaired) electrons. The standard InChI is InChI=1S/C33H39NO5/c1-24(2)34(25(3)4)20-19-29(28-13-9-6-10-14-28)30-21-27(23-39-33(37)18-17-32(35)36)15-16-31(30)38-22-26-11-7-5-8-12-26/h5-18,21,24-25,29H,19-20,22-23H2,1-4H3,(H,35,36)/b18-17+/t29-/m1/s1. The van der Waals surface area contributed by atoms with Crippen LogP contribution in [0.25, 0.3) is 0 Å². The van der Waals surface area contributed by atoms with Gasteiger partial charge in [0.2, 0.25) is 0 Å². The quantitative estimate of drug-likeness (QED) is 0.188. The number of benzene rings is 3. The summed E-state index contributed by atoms with van der Waals surface area (Å²) in [4.78, 5) is 25.2. The Bertz CT molecular complexity index is 1210. The Morgan fingerprint density at radius 1 is 0.821 bits per heavy atom. The molecule has 0 spiro atoms. The molecule has 6 heteroatoms. The molecule has 0 aliphatic rings. The lowest BCUT2D eigenvalue weighted by atomic mass is 9.86. The van der Waals surface area contributed by atoms with Crippen LogP contribution in [0.2, 0.25) is 0 Å². The van der Waals surface area contributed by atoms with Crippen molar-refractivity contribution in [2.45, 2.75) is 65.3 Å². The van der Waals surface area contributed by atoms with Crippen LogP contribution in [0.15, 0.2) is 91.0 Å². The van der Waals surface area contributed by atoms with E-state index in [1.165, 1.54) is 5.56 Å². The number of carbonyl (C=O) groups excluding carboxylic acids is 1. The predicted octanol–water partition coefficient (Wildman–Crippen LogP) is 6.59. The Balaban J connectivity index is 1.95. The predicted molar refractivity (Wildman–Crippen MR) is 154 cm³/mol. The van der Waals surface area contributed by atoms with Gasteiger partial charge in [-0.2, -0.15) is 0 Å². The second-order valence-corrected chi connectivity index (χ2v) is 10.1. The van der Waals surface area contributed by atoms with Crippen LogP contribution in [0.3, 0.4) is 0 Å². The highest BCUT2D eigenvalue weighted by Gasteiger charge is 2.22. The van der Waals surface area contributed by atoms with Gasteiger partial charge in [0.1, 0.15) is 19.0 Å². The minimum absolute atomic E-state index is 0.0282. The molecule has 3 aromatic rings. The Morgan fingerprint density at radius 2 is 1.46 bits per heavy atom. The second kappa shape index (κ2) is 14.9. The molecule has 0 saturated carbocycles. The maximum absolute atomic E-state index is 12.0. The van der Waals surface area contributed by atoms with Gasteiger partial charge in [0.05, 0.1) is 0 Å². The van der Waals surface area contributed by atoms with Gasteiger partial charge in [-0.05, 0) is 69.5 Å². The third kappa shape index (κ3) is 9.41. The van der Waals surface area contributed by atoms with Crippen molar-refractivity contribution in [3.05, 3.63) is 113 Å². The lowest BCUT2D eigenvalue weighted by Crippen LogP contribution is -2.38. The molecule has 3 rings (SSSR count). The van der Waals surface area contributed by atoms with Crippen molar-refractivity contribution < 1.29 is 24.2 Å². The van der Waals surface area contributed by atoms with Gasteiger partial charge in [0.15, 0.2) is 0 Å². The third-order valence-electron chi connectivity index (χ3n) is 6.63. The molecular weight excluding hydrogens is 490 g/mol. The number of aliphatic carboxylic acids is 1. The van der Waals surface area contributed by atoms with E-state index in [0.29, 0.717) is 18.7 Å². The molecule has 206 valence electrons. The summed E-state index contributed by atoms with van der Waals surface area (Å²) in [7, 11) is 0. The number of rotatable bonds is 14. The van der Waals surface area contributed by atoms with Gasteiger partial charge in [0.25, 0.3) is 0 Å². The van der Waals surface area contributed by atoms with Crippen molar-refractivity contribution in [1.29, 1.82) is 0 Å². The highest BCUT2D eigenvalue weighted by molar-refractivity contribution is 5.90. The number of carboxylic acids is 1. The highest BCUT2D eigenvalue weighted by atomic mass is 16.5. The number of nitrogens with zero attached hydrogens (tertiary/aromatic N) is 1. The smallest absolute Gasteiger partial charge is 0.331 e. The van der Waals surface area contributed by atoms with Crippen LogP contribution < -0.4 is 4.74 Å². The fraction of sp³-hybridized carbons (Fsp3) is 0.333. The Morgan fingerprint density at radius 3 is 2.08 bits per heavy atom. The average Bonchev–Trinajstić information content (AvgIpc) is 2.93. The van der Waals surface area contributed by atoms with Gasteiger partial charge in [-0.15, -0.1) is 0 Å². The molecule has 39 heavy (non-hydrogen) atoms. The largest absolute Gasteiger partial charge is 0.489 e. The summed E-state index contributed by atoms with van der Waals surface area (Å²) in [6.07, 6.45) is 2.57. The number of carboxylic acid groups (broad SMARTS) is 1. The minimum Gasteiger partial charge on any atom is -0.489 e. The summed E-state index contributed by atoms with van der Waals surface area (Å²) < 4.78 is 11.7. The molecule has 0 aliphatic heterocycles. The molecule has 1 N–H and O–H groups in total. The zero-order valence-electron chi connectivity index (χ0n) is 23.2. The van der Waals surface area contributed by atoms with Gasteiger partial charge in [-0.25, -0.2) is 9.59 Å². The molecule has 0 amide bonds. The van der Waals surface area contributed by atoms with Crippen LogP contribution in [-0.4, -0.2) is 40.6 Å². The number of esters is 1. The number of carbonyl (C=O) groups is 2. The van der Waals surface area contributed by atoms with Crippen molar-refractivity contribution in [3.8, 4) is 5.75 Å². The van der Waals surface area contributed by atoms with E-state index in [1.54, 1.807) is 0 Å². The first kappa shape index (κ1) is 29.7. The monoisotopic (exact) mass is 529 g/mol. The van der Waals surface area contributed by atoms with Crippen LogP contribution in [-0.2, 0) is 27.5 Å². The Kier molecular flexibility index (Phi) is 11.3. The van der Waals surface area contributed by atoms with Crippen LogP contribution in [0.4, 0.5) is 0 Å². The van der Waals surface area contributed by atoms with Crippen molar-refractivity contribution >= 4 is 11.9 Å². The maximum atomic E-state index is 12.0. The van der Waals surface area contributed by atoms with Crippen molar-refractivity contribution in [2.24, 2.45) is 0 Å². The molecule has 0 aromatic heterocycles. The zero-order chi connectivity index (χ0) is 28.2. The van der Waals surface area contributed by atoms with E-state index >= 15 is 0 Å². The van der Waals surface area contributed by atoms with Crippen LogP contribution >= 0.6 is 0 Å². The molecule has 0 bridgehead atoms. The summed E-state index contributed by atoms with van der Waals surface area (Å²) in [6, 6.07) is 27.2. The normalized spacial score (nSPS) is 12.3. The second-order valence-electron chi connectivity index (χ2n) is 10.1. The molecule has 0 unspecified atom stereocenters. The van der Waals surface area contributed by atoms with Gasteiger partial charge in [0, 0.05) is 35.7 Å². The van der Waals surface area contributed by atoms with Crippen molar-refractivity contribution in [3.63, 3.8) is 0 Å². The zero-order valence-corrected chi connectivity index (χ0v) is 23.2. The van der Waals surface area contributed by atoms with Crippen molar-refractivity contribution in [1.82, 2.24) is 4.90 Å². The van der Waals surface area contributed by atoms with Gasteiger partial charge in [-0.1, -0.05) is 66.7 Å². The van der Waals surface area contributed by atoms with Gasteiger partial charge in [-0.3, -0.25) is 4.90 Å². The molecule has 0 saturated heterocycles. The van der Waals surface area contributed by atoms with E-state index in [9.17, 15) is 9.59 Å². The molecule has 0 fully saturated rings. The molecule has 3 aromatic carbocycles. The molecule has 1 atom stereocenters. The molecule has 0 aliphatic carbocycles. The highest BCUT2D eigenvalue weighted by Crippen LogP contribution is 2.36. The van der Waals surface area contributed by atoms with E-state index in [2.05, 4.69) is 56.9 Å². The molecule has 6 nitrogen and oxygen atoms in total. The first-order chi connectivity index (χ1) is 18.7. The third-order valence-corrected chi connectivity index (χ3v) is 6.63. The summed E-state index contributed by atoms with van der Waals surface area (Å²) in [5.74, 6) is -1.06. The van der Waals surface area contributed by atoms with Gasteiger partial charge >= 0.3 is 11.9 Å². The SMILES string of the molecule is CC(C)N(CC[C@H](c1ccccc1)c1cc(COC(=O)/C=C/C(=O)O)ccc1OCc1ccccc1)C(C)C. The van der Waals surface area contributed by atoms with Crippen LogP contribution in [0, 0.1) is 0 Å². The summed E-state index contributed by atoms with van der Waals surface area (Å²) >= 11 is 0. The topological polar surface area (TPSA) is 76.1 Å². The number of hydrogen-bond acceptors (Lipinski definition) is 5. The van der Waals surface area contributed by atoms with Gasteiger partial charge < -0.3 is 14.6 Å². The van der Waals surface area contributed by atoms with E-state index in [1.807, 2.05) is 54.6 Å². The number of hydrogen-bond donors (Lipinski definition) is 1. The Labute approximate surface area is 231 Å². The lowest BCUT2D eigenvalue weighted by Gasteiger charge is -2.32. The van der Waals surface area contributed by atoms with E-state index in [4.69, 9.17) is 14.6 Å². The van der Waals surface area contributed by atoms with Crippen LogP contribution in [0.5, 0.6) is 5.75 Å². The first-order valence-corrected chi connectivity index (χ1v) is 13.4. The minimum atomic E-state index is -1.20. The lowest BCUT2D eigenvalue weighted by molar-refractivity contribution is -0.139. The van der Waals surface area contributed by atoms with Crippen LogP contribution in [0.1, 0.15) is 62.3 Å². The fourth-order valence-corrected chi connectivity index (χ4v) is 4.75. The van der Waals surface area contributed by atoms with E-state index in [-0.39, 0.29) is 12.5 Å². The maximum Gasteiger partial charge on any atom is 0.331 e. The summed E-state index contributed by atoms with van der Waals surface area (Å²) in [5.41, 5.74) is 4.10. The van der Waals surface area contributed by atoms with Crippen molar-refractivity contribution in [2.75, 3.05) is 6.54 Å². The fourth-order valence-electron chi connectivity index (χ4n) is 4.75. The summed E-state index contributed by atoms with van der Waals surface area (Å²) in [5, 5.41) is 8.76. The Hall–Kier alpha value is -3.90. The van der Waals surface area contributed by atoms with E-state index < -0.39 is 11.9 Å². The first-order valence-electron chi connectivity index (χ1n) is 13.4.